The van der Waals surface area contributed by atoms with Gasteiger partial charge in [-0.1, -0.05) is 6.08 Å². The molecule has 106 valence electrons. The van der Waals surface area contributed by atoms with Crippen LogP contribution in [0.5, 0.6) is 0 Å². The second-order valence-corrected chi connectivity index (χ2v) is 6.47. The van der Waals surface area contributed by atoms with Gasteiger partial charge < -0.3 is 9.05 Å². The Labute approximate surface area is 115 Å². The van der Waals surface area contributed by atoms with E-state index >= 15 is 0 Å². The van der Waals surface area contributed by atoms with E-state index in [-0.39, 0.29) is 5.66 Å². The lowest BCUT2D eigenvalue weighted by Gasteiger charge is -2.21. The molecule has 1 aliphatic carbocycles. The van der Waals surface area contributed by atoms with Gasteiger partial charge in [0.2, 0.25) is 0 Å². The smallest absolute Gasteiger partial charge is 0.308 e. The third kappa shape index (κ3) is 4.57. The van der Waals surface area contributed by atoms with E-state index in [2.05, 4.69) is 0 Å². The Morgan fingerprint density at radius 1 is 1.21 bits per heavy atom. The van der Waals surface area contributed by atoms with Gasteiger partial charge in [-0.3, -0.25) is 8.99 Å². The van der Waals surface area contributed by atoms with Crippen LogP contribution in [0.2, 0.25) is 0 Å². The van der Waals surface area contributed by atoms with E-state index in [4.69, 9.17) is 13.5 Å². The van der Waals surface area contributed by atoms with E-state index in [0.29, 0.717) is 13.2 Å². The highest BCUT2D eigenvalue weighted by molar-refractivity contribution is 7.54. The molecule has 0 N–H and O–H groups in total. The Kier molecular flexibility index (Phi) is 6.43. The van der Waals surface area contributed by atoms with Gasteiger partial charge in [0.05, 0.1) is 18.9 Å². The Bertz CT molecular complexity index is 432. The Morgan fingerprint density at radius 3 is 2.16 bits per heavy atom. The predicted octanol–water partition coefficient (Wildman–Crippen LogP) is 3.43. The average Bonchev–Trinajstić information content (AvgIpc) is 2.40. The molecule has 4 nitrogen and oxygen atoms in total. The summed E-state index contributed by atoms with van der Waals surface area (Å²) < 4.78 is 28.3. The molecule has 0 bridgehead atoms. The van der Waals surface area contributed by atoms with Crippen LogP contribution in [0.4, 0.5) is 0 Å². The van der Waals surface area contributed by atoms with Crippen LogP contribution in [0.25, 0.3) is 0 Å². The molecule has 0 spiro atoms. The molecule has 0 aliphatic heterocycles. The van der Waals surface area contributed by atoms with Gasteiger partial charge in [0.15, 0.2) is 0 Å². The quantitative estimate of drug-likeness (QED) is 0.555. The summed E-state index contributed by atoms with van der Waals surface area (Å²) in [5.74, 6) is 0.794. The fourth-order valence-corrected chi connectivity index (χ4v) is 3.34. The van der Waals surface area contributed by atoms with Crippen LogP contribution < -0.4 is 0 Å². The van der Waals surface area contributed by atoms with Crippen LogP contribution in [0.1, 0.15) is 20.8 Å². The van der Waals surface area contributed by atoms with E-state index in [1.165, 1.54) is 0 Å². The van der Waals surface area contributed by atoms with Gasteiger partial charge in [-0.25, -0.2) is 0 Å². The normalized spacial score (nSPS) is 16.6. The molecule has 1 unspecified atom stereocenters. The van der Waals surface area contributed by atoms with Crippen molar-refractivity contribution >= 4 is 13.4 Å². The third-order valence-electron chi connectivity index (χ3n) is 2.67. The van der Waals surface area contributed by atoms with Gasteiger partial charge in [-0.05, 0) is 38.5 Å². The molecule has 0 heterocycles. The Balaban J connectivity index is 2.86. The SMILES string of the molecule is CCOP(=O)(OCC)C(C)C=C1C=CC(=[O+]C)C=C1. The van der Waals surface area contributed by atoms with Gasteiger partial charge in [0, 0.05) is 12.2 Å². The maximum Gasteiger partial charge on any atom is 0.343 e. The average molecular weight is 285 g/mol. The third-order valence-corrected chi connectivity index (χ3v) is 5.05. The first-order valence-corrected chi connectivity index (χ1v) is 8.04. The summed E-state index contributed by atoms with van der Waals surface area (Å²) in [5.41, 5.74) is 0.675. The van der Waals surface area contributed by atoms with Crippen molar-refractivity contribution in [1.82, 2.24) is 0 Å². The summed E-state index contributed by atoms with van der Waals surface area (Å²) in [4.78, 5) is 0. The van der Waals surface area contributed by atoms with Gasteiger partial charge in [0.25, 0.3) is 7.11 Å². The van der Waals surface area contributed by atoms with E-state index in [1.54, 1.807) is 7.11 Å². The summed E-state index contributed by atoms with van der Waals surface area (Å²) in [6.45, 7) is 6.21. The van der Waals surface area contributed by atoms with Crippen LogP contribution in [0.3, 0.4) is 0 Å². The fraction of sp³-hybridized carbons (Fsp3) is 0.500. The summed E-state index contributed by atoms with van der Waals surface area (Å²) in [6.07, 6.45) is 9.45. The lowest BCUT2D eigenvalue weighted by Crippen LogP contribution is -2.08. The molecule has 0 saturated carbocycles. The minimum absolute atomic E-state index is 0.291. The molecule has 0 aromatic rings. The molecule has 1 rings (SSSR count). The number of ketones is 1. The molecule has 0 aromatic carbocycles. The number of allylic oxidation sites excluding steroid dienone is 6. The fourth-order valence-electron chi connectivity index (χ4n) is 1.72. The Hall–Kier alpha value is -0.960. The van der Waals surface area contributed by atoms with Crippen molar-refractivity contribution in [2.75, 3.05) is 20.3 Å². The summed E-state index contributed by atoms with van der Waals surface area (Å²) in [5, 5.41) is 0. The predicted molar refractivity (Wildman–Crippen MR) is 77.6 cm³/mol. The largest absolute Gasteiger partial charge is 0.343 e. The number of carbonyl (C=O) groups excluding carboxylic acids is 1. The molecule has 0 saturated heterocycles. The van der Waals surface area contributed by atoms with Crippen molar-refractivity contribution in [1.29, 1.82) is 0 Å². The van der Waals surface area contributed by atoms with E-state index in [9.17, 15) is 4.57 Å². The standard InChI is InChI=1S/C14H22O4P/c1-5-17-19(15,18-6-2)12(3)11-13-7-9-14(16-4)10-8-13/h7-12H,5-6H2,1-4H3/q+1. The zero-order valence-electron chi connectivity index (χ0n) is 12.0. The van der Waals surface area contributed by atoms with Crippen LogP contribution in [-0.4, -0.2) is 31.8 Å². The van der Waals surface area contributed by atoms with Crippen molar-refractivity contribution in [3.63, 3.8) is 0 Å². The monoisotopic (exact) mass is 285 g/mol. The highest BCUT2D eigenvalue weighted by Gasteiger charge is 2.30. The maximum absolute atomic E-state index is 12.5. The van der Waals surface area contributed by atoms with Crippen molar-refractivity contribution in [2.45, 2.75) is 26.4 Å². The lowest BCUT2D eigenvalue weighted by atomic mass is 10.1. The zero-order chi connectivity index (χ0) is 14.3. The molecule has 0 fully saturated rings. The highest BCUT2D eigenvalue weighted by atomic mass is 31.2. The number of hydrogen-bond acceptors (Lipinski definition) is 3. The molecule has 0 amide bonds. The van der Waals surface area contributed by atoms with E-state index in [1.807, 2.05) is 51.2 Å². The van der Waals surface area contributed by atoms with Gasteiger partial charge >= 0.3 is 13.4 Å². The second kappa shape index (κ2) is 7.59. The highest BCUT2D eigenvalue weighted by Crippen LogP contribution is 2.53. The van der Waals surface area contributed by atoms with Crippen LogP contribution >= 0.6 is 7.60 Å². The maximum atomic E-state index is 12.5. The zero-order valence-corrected chi connectivity index (χ0v) is 12.9. The van der Waals surface area contributed by atoms with Crippen LogP contribution in [0.15, 0.2) is 36.0 Å². The first-order valence-electron chi connectivity index (χ1n) is 6.43. The van der Waals surface area contributed by atoms with Crippen molar-refractivity contribution < 1.29 is 18.0 Å². The molecule has 0 aromatic heterocycles. The Morgan fingerprint density at radius 2 is 1.74 bits per heavy atom. The van der Waals surface area contributed by atoms with E-state index in [0.717, 1.165) is 11.4 Å². The molecule has 5 heteroatoms. The number of rotatable bonds is 6. The van der Waals surface area contributed by atoms with E-state index < -0.39 is 7.60 Å². The van der Waals surface area contributed by atoms with Crippen molar-refractivity contribution in [3.8, 4) is 0 Å². The minimum atomic E-state index is -3.08. The molecule has 19 heavy (non-hydrogen) atoms. The first-order chi connectivity index (χ1) is 9.05. The molecule has 1 aliphatic rings. The molecule has 1 atom stereocenters. The summed E-state index contributed by atoms with van der Waals surface area (Å²) in [6, 6.07) is 0. The van der Waals surface area contributed by atoms with Crippen molar-refractivity contribution in [2.24, 2.45) is 0 Å². The van der Waals surface area contributed by atoms with Crippen LogP contribution in [0, 0.1) is 0 Å². The van der Waals surface area contributed by atoms with Crippen LogP contribution in [-0.2, 0) is 18.0 Å². The topological polar surface area (TPSA) is 46.8 Å². The van der Waals surface area contributed by atoms with Crippen molar-refractivity contribution in [3.05, 3.63) is 36.0 Å². The summed E-state index contributed by atoms with van der Waals surface area (Å²) in [7, 11) is -1.46. The second-order valence-electron chi connectivity index (χ2n) is 4.06. The molecular formula is C14H22O4P+. The lowest BCUT2D eigenvalue weighted by molar-refractivity contribution is -0.417. The molecule has 0 radical (unpaired) electrons. The minimum Gasteiger partial charge on any atom is -0.308 e. The van der Waals surface area contributed by atoms with Gasteiger partial charge in [-0.2, -0.15) is 0 Å². The van der Waals surface area contributed by atoms with Gasteiger partial charge in [0.1, 0.15) is 0 Å². The summed E-state index contributed by atoms with van der Waals surface area (Å²) >= 11 is 0. The number of hydrogen-bond donors (Lipinski definition) is 0. The van der Waals surface area contributed by atoms with Gasteiger partial charge in [-0.15, -0.1) is 0 Å². The molecular weight excluding hydrogens is 263 g/mol. The first kappa shape index (κ1) is 16.1.